The van der Waals surface area contributed by atoms with E-state index in [9.17, 15) is 4.79 Å². The Balaban J connectivity index is 2.11. The van der Waals surface area contributed by atoms with E-state index in [-0.39, 0.29) is 17.8 Å². The number of aromatic nitrogens is 3. The van der Waals surface area contributed by atoms with Crippen molar-refractivity contribution < 1.29 is 4.79 Å². The first kappa shape index (κ1) is 8.03. The average Bonchev–Trinajstić information content (AvgIpc) is 2.88. The number of rotatable bonds is 2. The van der Waals surface area contributed by atoms with Crippen LogP contribution < -0.4 is 11.2 Å². The molecule has 3 N–H and O–H groups in total. The van der Waals surface area contributed by atoms with Crippen LogP contribution in [0.5, 0.6) is 0 Å². The van der Waals surface area contributed by atoms with Crippen LogP contribution in [-0.2, 0) is 4.79 Å². The lowest BCUT2D eigenvalue weighted by Gasteiger charge is -2.06. The highest BCUT2D eigenvalue weighted by Crippen LogP contribution is 2.29. The Morgan fingerprint density at radius 3 is 2.77 bits per heavy atom. The van der Waals surface area contributed by atoms with E-state index in [1.165, 1.54) is 4.68 Å². The fourth-order valence-electron chi connectivity index (χ4n) is 1.06. The normalized spacial score (nSPS) is 15.8. The topological polar surface area (TPSA) is 85.8 Å². The first-order valence-electron chi connectivity index (χ1n) is 4.17. The van der Waals surface area contributed by atoms with Crippen LogP contribution >= 0.6 is 0 Å². The number of carbonyl (C=O) groups is 1. The molecule has 0 bridgehead atoms. The summed E-state index contributed by atoms with van der Waals surface area (Å²) in [5.74, 6) is 0.953. The quantitative estimate of drug-likeness (QED) is 0.652. The molecule has 1 fully saturated rings. The molecule has 1 aliphatic carbocycles. The summed E-state index contributed by atoms with van der Waals surface area (Å²) >= 11 is 0. The molecule has 2 rings (SSSR count). The molecule has 6 heteroatoms. The van der Waals surface area contributed by atoms with Gasteiger partial charge in [-0.3, -0.25) is 10.2 Å². The molecule has 1 saturated carbocycles. The second kappa shape index (κ2) is 2.72. The molecule has 70 valence electrons. The maximum atomic E-state index is 11.3. The third kappa shape index (κ3) is 1.47. The van der Waals surface area contributed by atoms with Gasteiger partial charge in [0.1, 0.15) is 0 Å². The Kier molecular flexibility index (Phi) is 1.68. The van der Waals surface area contributed by atoms with Gasteiger partial charge in [-0.05, 0) is 19.8 Å². The van der Waals surface area contributed by atoms with E-state index >= 15 is 0 Å². The average molecular weight is 181 g/mol. The van der Waals surface area contributed by atoms with Crippen molar-refractivity contribution in [2.75, 3.05) is 11.2 Å². The van der Waals surface area contributed by atoms with Crippen molar-refractivity contribution >= 4 is 11.9 Å². The lowest BCUT2D eigenvalue weighted by molar-refractivity contribution is -0.118. The molecule has 0 aliphatic heterocycles. The van der Waals surface area contributed by atoms with E-state index in [1.54, 1.807) is 6.92 Å². The minimum Gasteiger partial charge on any atom is -0.366 e. The largest absolute Gasteiger partial charge is 0.366 e. The minimum absolute atomic E-state index is 0.00500. The van der Waals surface area contributed by atoms with Crippen molar-refractivity contribution in [2.24, 2.45) is 5.92 Å². The van der Waals surface area contributed by atoms with Gasteiger partial charge < -0.3 is 5.73 Å². The van der Waals surface area contributed by atoms with E-state index in [0.717, 1.165) is 12.8 Å². The number of nitrogens with two attached hydrogens (primary N) is 1. The first-order valence-corrected chi connectivity index (χ1v) is 4.17. The molecule has 0 saturated heterocycles. The van der Waals surface area contributed by atoms with Gasteiger partial charge in [0.2, 0.25) is 11.9 Å². The molecule has 1 amide bonds. The predicted octanol–water partition coefficient (Wildman–Crippen LogP) is -0.351. The van der Waals surface area contributed by atoms with Crippen LogP contribution in [-0.4, -0.2) is 20.8 Å². The van der Waals surface area contributed by atoms with E-state index in [0.29, 0.717) is 5.82 Å². The van der Waals surface area contributed by atoms with Crippen molar-refractivity contribution in [1.29, 1.82) is 0 Å². The summed E-state index contributed by atoms with van der Waals surface area (Å²) in [6.07, 6.45) is 1.93. The smallest absolute Gasteiger partial charge is 0.242 e. The van der Waals surface area contributed by atoms with Gasteiger partial charge in [-0.1, -0.05) is 0 Å². The number of nitrogens with one attached hydrogen (secondary N) is 1. The number of nitrogens with zero attached hydrogens (tertiary/aromatic N) is 3. The summed E-state index contributed by atoms with van der Waals surface area (Å²) in [5, 5.41) is 7.35. The molecular formula is C7H11N5O. The highest BCUT2D eigenvalue weighted by Gasteiger charge is 2.30. The Hall–Kier alpha value is -1.59. The zero-order valence-electron chi connectivity index (χ0n) is 7.32. The molecule has 1 aromatic rings. The Labute approximate surface area is 75.1 Å². The second-order valence-electron chi connectivity index (χ2n) is 3.19. The Morgan fingerprint density at radius 2 is 2.31 bits per heavy atom. The SMILES string of the molecule is Cc1nnc(N)n1NC(=O)C1CC1. The van der Waals surface area contributed by atoms with Crippen LogP contribution in [0.3, 0.4) is 0 Å². The predicted molar refractivity (Wildman–Crippen MR) is 46.3 cm³/mol. The van der Waals surface area contributed by atoms with Crippen molar-refractivity contribution in [3.05, 3.63) is 5.82 Å². The van der Waals surface area contributed by atoms with Crippen LogP contribution in [0.4, 0.5) is 5.95 Å². The van der Waals surface area contributed by atoms with Crippen molar-refractivity contribution in [3.63, 3.8) is 0 Å². The number of anilines is 1. The molecule has 0 spiro atoms. The lowest BCUT2D eigenvalue weighted by atomic mass is 10.4. The number of hydrogen-bond donors (Lipinski definition) is 2. The Bertz CT molecular complexity index is 321. The molecular weight excluding hydrogens is 170 g/mol. The molecule has 13 heavy (non-hydrogen) atoms. The monoisotopic (exact) mass is 181 g/mol. The Morgan fingerprint density at radius 1 is 1.62 bits per heavy atom. The number of nitrogen functional groups attached to an aromatic ring is 1. The second-order valence-corrected chi connectivity index (χ2v) is 3.19. The molecule has 0 aromatic carbocycles. The van der Waals surface area contributed by atoms with Gasteiger partial charge in [0.05, 0.1) is 0 Å². The summed E-state index contributed by atoms with van der Waals surface area (Å²) < 4.78 is 1.40. The van der Waals surface area contributed by atoms with Gasteiger partial charge >= 0.3 is 0 Å². The lowest BCUT2D eigenvalue weighted by Crippen LogP contribution is -2.26. The van der Waals surface area contributed by atoms with Crippen molar-refractivity contribution in [2.45, 2.75) is 19.8 Å². The van der Waals surface area contributed by atoms with Crippen LogP contribution in [0, 0.1) is 12.8 Å². The number of aryl methyl sites for hydroxylation is 1. The summed E-state index contributed by atoms with van der Waals surface area (Å²) in [5.41, 5.74) is 8.13. The summed E-state index contributed by atoms with van der Waals surface area (Å²) in [6, 6.07) is 0. The van der Waals surface area contributed by atoms with E-state index in [4.69, 9.17) is 5.73 Å². The van der Waals surface area contributed by atoms with Crippen LogP contribution in [0.2, 0.25) is 0 Å². The van der Waals surface area contributed by atoms with Gasteiger partial charge in [-0.25, -0.2) is 4.68 Å². The fraction of sp³-hybridized carbons (Fsp3) is 0.571. The standard InChI is InChI=1S/C7H11N5O/c1-4-9-10-7(8)12(4)11-6(13)5-2-3-5/h5H,2-3H2,1H3,(H2,8,10)(H,11,13). The van der Waals surface area contributed by atoms with Crippen molar-refractivity contribution in [1.82, 2.24) is 14.9 Å². The van der Waals surface area contributed by atoms with Gasteiger partial charge in [0, 0.05) is 5.92 Å². The maximum absolute atomic E-state index is 11.3. The van der Waals surface area contributed by atoms with Crippen LogP contribution in [0.1, 0.15) is 18.7 Å². The van der Waals surface area contributed by atoms with Gasteiger partial charge in [-0.2, -0.15) is 0 Å². The first-order chi connectivity index (χ1) is 6.18. The minimum atomic E-state index is -0.00500. The van der Waals surface area contributed by atoms with Crippen LogP contribution in [0.25, 0.3) is 0 Å². The number of carbonyl (C=O) groups excluding carboxylic acids is 1. The van der Waals surface area contributed by atoms with Gasteiger partial charge in [-0.15, -0.1) is 10.2 Å². The third-order valence-corrected chi connectivity index (χ3v) is 2.02. The molecule has 0 radical (unpaired) electrons. The summed E-state index contributed by atoms with van der Waals surface area (Å²) in [6.45, 7) is 1.73. The van der Waals surface area contributed by atoms with E-state index < -0.39 is 0 Å². The number of hydrogen-bond acceptors (Lipinski definition) is 4. The summed E-state index contributed by atoms with van der Waals surface area (Å²) in [7, 11) is 0. The van der Waals surface area contributed by atoms with E-state index in [1.807, 2.05) is 0 Å². The molecule has 1 aromatic heterocycles. The molecule has 0 atom stereocenters. The molecule has 1 heterocycles. The fourth-order valence-corrected chi connectivity index (χ4v) is 1.06. The highest BCUT2D eigenvalue weighted by atomic mass is 16.2. The maximum Gasteiger partial charge on any atom is 0.242 e. The van der Waals surface area contributed by atoms with Gasteiger partial charge in [0.15, 0.2) is 5.82 Å². The summed E-state index contributed by atoms with van der Waals surface area (Å²) in [4.78, 5) is 11.3. The third-order valence-electron chi connectivity index (χ3n) is 2.02. The highest BCUT2D eigenvalue weighted by molar-refractivity contribution is 5.88. The van der Waals surface area contributed by atoms with Gasteiger partial charge in [0.25, 0.3) is 0 Å². The number of amides is 1. The zero-order chi connectivity index (χ0) is 9.42. The molecule has 0 unspecified atom stereocenters. The molecule has 1 aliphatic rings. The van der Waals surface area contributed by atoms with Crippen molar-refractivity contribution in [3.8, 4) is 0 Å². The zero-order valence-corrected chi connectivity index (χ0v) is 7.32. The van der Waals surface area contributed by atoms with Crippen LogP contribution in [0.15, 0.2) is 0 Å². The van der Waals surface area contributed by atoms with E-state index in [2.05, 4.69) is 15.6 Å². The molecule has 6 nitrogen and oxygen atoms in total.